The topological polar surface area (TPSA) is 52.3 Å². The highest BCUT2D eigenvalue weighted by atomic mass is 79.9. The van der Waals surface area contributed by atoms with Crippen molar-refractivity contribution in [3.63, 3.8) is 0 Å². The Morgan fingerprint density at radius 3 is 2.53 bits per heavy atom. The van der Waals surface area contributed by atoms with Gasteiger partial charge in [0.1, 0.15) is 12.6 Å². The molecule has 1 aromatic carbocycles. The lowest BCUT2D eigenvalue weighted by Crippen LogP contribution is -2.37. The summed E-state index contributed by atoms with van der Waals surface area (Å²) in [4.78, 5) is 11.6. The molecule has 0 aliphatic rings. The lowest BCUT2D eigenvalue weighted by atomic mass is 10.0. The van der Waals surface area contributed by atoms with Crippen molar-refractivity contribution in [2.45, 2.75) is 32.9 Å². The van der Waals surface area contributed by atoms with Crippen LogP contribution >= 0.6 is 15.9 Å². The van der Waals surface area contributed by atoms with Crippen LogP contribution in [-0.2, 0) is 16.1 Å². The molecule has 2 atom stereocenters. The van der Waals surface area contributed by atoms with E-state index in [0.717, 1.165) is 16.5 Å². The number of hydrogen-bond donors (Lipinski definition) is 1. The number of halogens is 1. The second-order valence-electron chi connectivity index (χ2n) is 4.15. The number of carbonyl (C=O) groups is 1. The summed E-state index contributed by atoms with van der Waals surface area (Å²) in [6.45, 7) is 4.23. The van der Waals surface area contributed by atoms with Gasteiger partial charge in [-0.15, -0.1) is 0 Å². The van der Waals surface area contributed by atoms with Gasteiger partial charge in [0.25, 0.3) is 0 Å². The van der Waals surface area contributed by atoms with Gasteiger partial charge in [-0.05, 0) is 23.6 Å². The quantitative estimate of drug-likeness (QED) is 0.851. The first-order chi connectivity index (χ1) is 8.04. The van der Waals surface area contributed by atoms with Crippen molar-refractivity contribution in [2.24, 2.45) is 11.7 Å². The third kappa shape index (κ3) is 4.48. The second-order valence-corrected chi connectivity index (χ2v) is 5.06. The summed E-state index contributed by atoms with van der Waals surface area (Å²) >= 11 is 3.35. The van der Waals surface area contributed by atoms with Gasteiger partial charge >= 0.3 is 5.97 Å². The highest BCUT2D eigenvalue weighted by Gasteiger charge is 2.20. The van der Waals surface area contributed by atoms with Gasteiger partial charge in [0.05, 0.1) is 0 Å². The number of benzene rings is 1. The third-order valence-electron chi connectivity index (χ3n) is 2.82. The Kier molecular flexibility index (Phi) is 5.65. The highest BCUT2D eigenvalue weighted by molar-refractivity contribution is 9.10. The van der Waals surface area contributed by atoms with Gasteiger partial charge in [-0.2, -0.15) is 0 Å². The molecular formula is C13H18BrNO2. The average Bonchev–Trinajstić information content (AvgIpc) is 2.35. The van der Waals surface area contributed by atoms with Gasteiger partial charge < -0.3 is 10.5 Å². The molecule has 0 fully saturated rings. The minimum Gasteiger partial charge on any atom is -0.460 e. The van der Waals surface area contributed by atoms with Crippen LogP contribution in [0.2, 0.25) is 0 Å². The van der Waals surface area contributed by atoms with Crippen molar-refractivity contribution in [3.05, 3.63) is 34.3 Å². The molecule has 4 heteroatoms. The van der Waals surface area contributed by atoms with Crippen LogP contribution < -0.4 is 5.73 Å². The van der Waals surface area contributed by atoms with Crippen LogP contribution in [0.3, 0.4) is 0 Å². The SMILES string of the molecule is CCC(C)[C@H](N)C(=O)OCc1ccc(Br)cc1. The Hall–Kier alpha value is -0.870. The average molecular weight is 300 g/mol. The Labute approximate surface area is 110 Å². The summed E-state index contributed by atoms with van der Waals surface area (Å²) in [6, 6.07) is 7.11. The number of rotatable bonds is 5. The predicted octanol–water partition coefficient (Wildman–Crippen LogP) is 2.87. The summed E-state index contributed by atoms with van der Waals surface area (Å²) in [5.74, 6) is -0.185. The molecule has 3 nitrogen and oxygen atoms in total. The van der Waals surface area contributed by atoms with Crippen LogP contribution in [0.5, 0.6) is 0 Å². The molecule has 0 spiro atoms. The summed E-state index contributed by atoms with van der Waals surface area (Å²) < 4.78 is 6.18. The molecule has 1 aromatic rings. The third-order valence-corrected chi connectivity index (χ3v) is 3.35. The Morgan fingerprint density at radius 2 is 2.00 bits per heavy atom. The molecule has 0 saturated carbocycles. The first kappa shape index (κ1) is 14.2. The lowest BCUT2D eigenvalue weighted by molar-refractivity contribution is -0.147. The zero-order valence-electron chi connectivity index (χ0n) is 10.2. The lowest BCUT2D eigenvalue weighted by Gasteiger charge is -2.16. The van der Waals surface area contributed by atoms with Crippen molar-refractivity contribution >= 4 is 21.9 Å². The van der Waals surface area contributed by atoms with E-state index in [1.54, 1.807) is 0 Å². The maximum atomic E-state index is 11.6. The fourth-order valence-electron chi connectivity index (χ4n) is 1.32. The molecule has 2 N–H and O–H groups in total. The number of esters is 1. The molecule has 0 radical (unpaired) electrons. The minimum absolute atomic E-state index is 0.146. The van der Waals surface area contributed by atoms with Crippen molar-refractivity contribution < 1.29 is 9.53 Å². The predicted molar refractivity (Wildman–Crippen MR) is 71.4 cm³/mol. The minimum atomic E-state index is -0.532. The molecule has 94 valence electrons. The molecule has 0 saturated heterocycles. The van der Waals surface area contributed by atoms with E-state index in [2.05, 4.69) is 15.9 Å². The Morgan fingerprint density at radius 1 is 1.41 bits per heavy atom. The first-order valence-electron chi connectivity index (χ1n) is 5.71. The maximum absolute atomic E-state index is 11.6. The Bertz CT molecular complexity index is 364. The van der Waals surface area contributed by atoms with E-state index in [4.69, 9.17) is 10.5 Å². The highest BCUT2D eigenvalue weighted by Crippen LogP contribution is 2.12. The van der Waals surface area contributed by atoms with E-state index < -0.39 is 6.04 Å². The van der Waals surface area contributed by atoms with E-state index >= 15 is 0 Å². The van der Waals surface area contributed by atoms with Crippen LogP contribution in [0.4, 0.5) is 0 Å². The number of ether oxygens (including phenoxy) is 1. The second kappa shape index (κ2) is 6.77. The van der Waals surface area contributed by atoms with Crippen LogP contribution in [-0.4, -0.2) is 12.0 Å². The van der Waals surface area contributed by atoms with Crippen molar-refractivity contribution in [3.8, 4) is 0 Å². The fraction of sp³-hybridized carbons (Fsp3) is 0.462. The van der Waals surface area contributed by atoms with Crippen molar-refractivity contribution in [1.29, 1.82) is 0 Å². The standard InChI is InChI=1S/C13H18BrNO2/c1-3-9(2)12(15)13(16)17-8-10-4-6-11(14)7-5-10/h4-7,9,12H,3,8,15H2,1-2H3/t9?,12-/m0/s1. The molecule has 0 aliphatic carbocycles. The van der Waals surface area contributed by atoms with Gasteiger partial charge in [0.15, 0.2) is 0 Å². The van der Waals surface area contributed by atoms with E-state index in [1.165, 1.54) is 0 Å². The van der Waals surface area contributed by atoms with Crippen molar-refractivity contribution in [1.82, 2.24) is 0 Å². The van der Waals surface area contributed by atoms with E-state index in [-0.39, 0.29) is 18.5 Å². The van der Waals surface area contributed by atoms with E-state index in [0.29, 0.717) is 0 Å². The molecular weight excluding hydrogens is 282 g/mol. The van der Waals surface area contributed by atoms with Crippen molar-refractivity contribution in [2.75, 3.05) is 0 Å². The molecule has 1 unspecified atom stereocenters. The molecule has 0 amide bonds. The molecule has 17 heavy (non-hydrogen) atoms. The van der Waals surface area contributed by atoms with Gasteiger partial charge in [0, 0.05) is 4.47 Å². The zero-order chi connectivity index (χ0) is 12.8. The molecule has 0 heterocycles. The monoisotopic (exact) mass is 299 g/mol. The number of nitrogens with two attached hydrogens (primary N) is 1. The largest absolute Gasteiger partial charge is 0.460 e. The van der Waals surface area contributed by atoms with Crippen LogP contribution in [0.25, 0.3) is 0 Å². The van der Waals surface area contributed by atoms with E-state index in [1.807, 2.05) is 38.1 Å². The Balaban J connectivity index is 2.45. The number of carbonyl (C=O) groups excluding carboxylic acids is 1. The fourth-order valence-corrected chi connectivity index (χ4v) is 1.58. The normalized spacial score (nSPS) is 14.1. The van der Waals surface area contributed by atoms with Gasteiger partial charge in [0.2, 0.25) is 0 Å². The molecule has 0 aliphatic heterocycles. The van der Waals surface area contributed by atoms with Crippen LogP contribution in [0.15, 0.2) is 28.7 Å². The molecule has 0 bridgehead atoms. The maximum Gasteiger partial charge on any atom is 0.323 e. The molecule has 0 aromatic heterocycles. The number of hydrogen-bond acceptors (Lipinski definition) is 3. The summed E-state index contributed by atoms with van der Waals surface area (Å²) in [5.41, 5.74) is 6.73. The van der Waals surface area contributed by atoms with E-state index in [9.17, 15) is 4.79 Å². The zero-order valence-corrected chi connectivity index (χ0v) is 11.7. The van der Waals surface area contributed by atoms with Gasteiger partial charge in [-0.25, -0.2) is 0 Å². The molecule has 1 rings (SSSR count). The van der Waals surface area contributed by atoms with Crippen LogP contribution in [0.1, 0.15) is 25.8 Å². The summed E-state index contributed by atoms with van der Waals surface area (Å²) in [6.07, 6.45) is 0.870. The smallest absolute Gasteiger partial charge is 0.323 e. The van der Waals surface area contributed by atoms with Gasteiger partial charge in [-0.3, -0.25) is 4.79 Å². The first-order valence-corrected chi connectivity index (χ1v) is 6.50. The van der Waals surface area contributed by atoms with Gasteiger partial charge in [-0.1, -0.05) is 48.3 Å². The summed E-state index contributed by atoms with van der Waals surface area (Å²) in [7, 11) is 0. The van der Waals surface area contributed by atoms with Crippen LogP contribution in [0, 0.1) is 5.92 Å². The summed E-state index contributed by atoms with van der Waals surface area (Å²) in [5, 5.41) is 0.